The highest BCUT2D eigenvalue weighted by Crippen LogP contribution is 2.19. The SMILES string of the molecule is C=C(CC)CC(C)CC(C)C. The van der Waals surface area contributed by atoms with Gasteiger partial charge in [-0.25, -0.2) is 0 Å². The van der Waals surface area contributed by atoms with Gasteiger partial charge < -0.3 is 0 Å². The van der Waals surface area contributed by atoms with Crippen LogP contribution in [0.1, 0.15) is 47.0 Å². The lowest BCUT2D eigenvalue weighted by molar-refractivity contribution is 0.434. The first-order chi connectivity index (χ1) is 5.06. The van der Waals surface area contributed by atoms with Crippen LogP contribution in [-0.2, 0) is 0 Å². The zero-order valence-corrected chi connectivity index (χ0v) is 8.48. The molecule has 0 rings (SSSR count). The summed E-state index contributed by atoms with van der Waals surface area (Å²) in [4.78, 5) is 0. The fourth-order valence-electron chi connectivity index (χ4n) is 1.53. The van der Waals surface area contributed by atoms with Gasteiger partial charge in [0.05, 0.1) is 0 Å². The first-order valence-corrected chi connectivity index (χ1v) is 4.72. The lowest BCUT2D eigenvalue weighted by Crippen LogP contribution is -2.00. The molecule has 66 valence electrons. The predicted molar refractivity (Wildman–Crippen MR) is 52.7 cm³/mol. The van der Waals surface area contributed by atoms with E-state index in [2.05, 4.69) is 34.3 Å². The van der Waals surface area contributed by atoms with Crippen molar-refractivity contribution in [3.8, 4) is 0 Å². The van der Waals surface area contributed by atoms with Crippen LogP contribution in [0, 0.1) is 11.8 Å². The summed E-state index contributed by atoms with van der Waals surface area (Å²) in [6.45, 7) is 13.1. The van der Waals surface area contributed by atoms with E-state index in [0.29, 0.717) is 0 Å². The Balaban J connectivity index is 3.51. The van der Waals surface area contributed by atoms with Crippen molar-refractivity contribution in [3.63, 3.8) is 0 Å². The summed E-state index contributed by atoms with van der Waals surface area (Å²) < 4.78 is 0. The third-order valence-electron chi connectivity index (χ3n) is 2.01. The molecule has 1 atom stereocenters. The average Bonchev–Trinajstić information content (AvgIpc) is 1.85. The summed E-state index contributed by atoms with van der Waals surface area (Å²) >= 11 is 0. The molecule has 0 saturated carbocycles. The molecule has 0 aromatic rings. The maximum atomic E-state index is 4.02. The van der Waals surface area contributed by atoms with Gasteiger partial charge in [-0.2, -0.15) is 0 Å². The van der Waals surface area contributed by atoms with Gasteiger partial charge in [-0.15, -0.1) is 0 Å². The molecular formula is C11H22. The van der Waals surface area contributed by atoms with Crippen molar-refractivity contribution in [2.45, 2.75) is 47.0 Å². The standard InChI is InChI=1S/C11H22/c1-6-10(4)8-11(5)7-9(2)3/h9,11H,4,6-8H2,1-3,5H3. The molecule has 0 aliphatic rings. The summed E-state index contributed by atoms with van der Waals surface area (Å²) in [5.74, 6) is 1.65. The molecule has 0 heterocycles. The summed E-state index contributed by atoms with van der Waals surface area (Å²) in [5, 5.41) is 0. The zero-order valence-electron chi connectivity index (χ0n) is 8.48. The monoisotopic (exact) mass is 154 g/mol. The molecule has 0 saturated heterocycles. The Labute approximate surface area is 71.7 Å². The van der Waals surface area contributed by atoms with Crippen molar-refractivity contribution in [2.75, 3.05) is 0 Å². The largest absolute Gasteiger partial charge is 0.0999 e. The first-order valence-electron chi connectivity index (χ1n) is 4.72. The molecule has 0 aliphatic carbocycles. The second-order valence-electron chi connectivity index (χ2n) is 4.04. The second-order valence-corrected chi connectivity index (χ2v) is 4.04. The van der Waals surface area contributed by atoms with E-state index in [9.17, 15) is 0 Å². The molecule has 0 heteroatoms. The van der Waals surface area contributed by atoms with Crippen molar-refractivity contribution < 1.29 is 0 Å². The third kappa shape index (κ3) is 6.15. The molecule has 0 nitrogen and oxygen atoms in total. The van der Waals surface area contributed by atoms with Gasteiger partial charge in [-0.05, 0) is 31.1 Å². The Morgan fingerprint density at radius 1 is 1.27 bits per heavy atom. The lowest BCUT2D eigenvalue weighted by Gasteiger charge is -2.14. The van der Waals surface area contributed by atoms with Gasteiger partial charge in [-0.3, -0.25) is 0 Å². The zero-order chi connectivity index (χ0) is 8.85. The number of hydrogen-bond donors (Lipinski definition) is 0. The van der Waals surface area contributed by atoms with Crippen LogP contribution in [0.4, 0.5) is 0 Å². The summed E-state index contributed by atoms with van der Waals surface area (Å²) in [5.41, 5.74) is 1.40. The van der Waals surface area contributed by atoms with Gasteiger partial charge in [0.15, 0.2) is 0 Å². The maximum absolute atomic E-state index is 4.02. The van der Waals surface area contributed by atoms with E-state index in [1.165, 1.54) is 18.4 Å². The van der Waals surface area contributed by atoms with Crippen molar-refractivity contribution in [3.05, 3.63) is 12.2 Å². The van der Waals surface area contributed by atoms with Gasteiger partial charge in [0.2, 0.25) is 0 Å². The minimum Gasteiger partial charge on any atom is -0.0999 e. The fraction of sp³-hybridized carbons (Fsp3) is 0.818. The molecule has 0 spiro atoms. The maximum Gasteiger partial charge on any atom is -0.0297 e. The van der Waals surface area contributed by atoms with E-state index in [-0.39, 0.29) is 0 Å². The van der Waals surface area contributed by atoms with Crippen LogP contribution in [-0.4, -0.2) is 0 Å². The van der Waals surface area contributed by atoms with Crippen molar-refractivity contribution in [2.24, 2.45) is 11.8 Å². The van der Waals surface area contributed by atoms with Crippen molar-refractivity contribution >= 4 is 0 Å². The normalized spacial score (nSPS) is 13.5. The van der Waals surface area contributed by atoms with Crippen molar-refractivity contribution in [1.29, 1.82) is 0 Å². The molecule has 0 amide bonds. The second kappa shape index (κ2) is 5.40. The van der Waals surface area contributed by atoms with Gasteiger partial charge in [0, 0.05) is 0 Å². The van der Waals surface area contributed by atoms with Gasteiger partial charge in [-0.1, -0.05) is 39.8 Å². The highest BCUT2D eigenvalue weighted by Gasteiger charge is 2.05. The number of hydrogen-bond acceptors (Lipinski definition) is 0. The molecule has 11 heavy (non-hydrogen) atoms. The van der Waals surface area contributed by atoms with Crippen LogP contribution >= 0.6 is 0 Å². The van der Waals surface area contributed by atoms with Crippen molar-refractivity contribution in [1.82, 2.24) is 0 Å². The van der Waals surface area contributed by atoms with E-state index in [4.69, 9.17) is 0 Å². The van der Waals surface area contributed by atoms with Gasteiger partial charge in [0.25, 0.3) is 0 Å². The Bertz CT molecular complexity index is 111. The fourth-order valence-corrected chi connectivity index (χ4v) is 1.53. The minimum atomic E-state index is 0.822. The minimum absolute atomic E-state index is 0.822. The highest BCUT2D eigenvalue weighted by atomic mass is 14.1. The average molecular weight is 154 g/mol. The molecule has 0 aromatic carbocycles. The summed E-state index contributed by atoms with van der Waals surface area (Å²) in [6.07, 6.45) is 3.69. The van der Waals surface area contributed by atoms with E-state index in [0.717, 1.165) is 18.3 Å². The number of allylic oxidation sites excluding steroid dienone is 1. The summed E-state index contributed by atoms with van der Waals surface area (Å²) in [7, 11) is 0. The molecule has 0 fully saturated rings. The third-order valence-corrected chi connectivity index (χ3v) is 2.01. The molecule has 0 aromatic heterocycles. The Kier molecular flexibility index (Phi) is 5.27. The molecule has 0 aliphatic heterocycles. The Morgan fingerprint density at radius 3 is 2.18 bits per heavy atom. The van der Waals surface area contributed by atoms with E-state index in [1.54, 1.807) is 0 Å². The Hall–Kier alpha value is -0.260. The topological polar surface area (TPSA) is 0 Å². The van der Waals surface area contributed by atoms with Crippen LogP contribution in [0.5, 0.6) is 0 Å². The first kappa shape index (κ1) is 10.7. The van der Waals surface area contributed by atoms with Crippen LogP contribution in [0.25, 0.3) is 0 Å². The summed E-state index contributed by atoms with van der Waals surface area (Å²) in [6, 6.07) is 0. The molecule has 0 bridgehead atoms. The van der Waals surface area contributed by atoms with Gasteiger partial charge >= 0.3 is 0 Å². The molecular weight excluding hydrogens is 132 g/mol. The number of rotatable bonds is 5. The van der Waals surface area contributed by atoms with Crippen LogP contribution < -0.4 is 0 Å². The van der Waals surface area contributed by atoms with Crippen LogP contribution in [0.15, 0.2) is 12.2 Å². The molecule has 0 N–H and O–H groups in total. The quantitative estimate of drug-likeness (QED) is 0.524. The van der Waals surface area contributed by atoms with E-state index >= 15 is 0 Å². The van der Waals surface area contributed by atoms with Gasteiger partial charge in [0.1, 0.15) is 0 Å². The Morgan fingerprint density at radius 2 is 1.82 bits per heavy atom. The predicted octanol–water partition coefficient (Wildman–Crippen LogP) is 4.02. The van der Waals surface area contributed by atoms with E-state index in [1.807, 2.05) is 0 Å². The smallest absolute Gasteiger partial charge is 0.0297 e. The molecule has 1 unspecified atom stereocenters. The van der Waals surface area contributed by atoms with Crippen LogP contribution in [0.2, 0.25) is 0 Å². The highest BCUT2D eigenvalue weighted by molar-refractivity contribution is 4.93. The van der Waals surface area contributed by atoms with E-state index < -0.39 is 0 Å². The molecule has 0 radical (unpaired) electrons. The lowest BCUT2D eigenvalue weighted by atomic mass is 9.92. The van der Waals surface area contributed by atoms with Crippen LogP contribution in [0.3, 0.4) is 0 Å².